The summed E-state index contributed by atoms with van der Waals surface area (Å²) in [5.41, 5.74) is 2.21. The molecule has 1 aliphatic carbocycles. The Kier molecular flexibility index (Phi) is 5.03. The second kappa shape index (κ2) is 7.79. The molecule has 0 fully saturated rings. The van der Waals surface area contributed by atoms with E-state index in [0.717, 1.165) is 23.8 Å². The van der Waals surface area contributed by atoms with Gasteiger partial charge in [0.05, 0.1) is 12.8 Å². The van der Waals surface area contributed by atoms with Gasteiger partial charge in [0, 0.05) is 18.1 Å². The van der Waals surface area contributed by atoms with E-state index in [0.29, 0.717) is 17.1 Å². The predicted octanol–water partition coefficient (Wildman–Crippen LogP) is 2.14. The van der Waals surface area contributed by atoms with Crippen LogP contribution in [0, 0.1) is 0 Å². The number of hydrogen-bond donors (Lipinski definition) is 1. The number of carbonyl (C=O) groups excluding carboxylic acids is 1. The van der Waals surface area contributed by atoms with E-state index in [2.05, 4.69) is 5.32 Å². The van der Waals surface area contributed by atoms with Gasteiger partial charge in [-0.25, -0.2) is 0 Å². The number of ether oxygens (including phenoxy) is 1. The van der Waals surface area contributed by atoms with E-state index in [9.17, 15) is 14.4 Å². The fourth-order valence-electron chi connectivity index (χ4n) is 3.66. The van der Waals surface area contributed by atoms with E-state index in [1.165, 1.54) is 35.2 Å². The smallest absolute Gasteiger partial charge is 0.321 e. The summed E-state index contributed by atoms with van der Waals surface area (Å²) in [7, 11) is 1.49. The third-order valence-corrected chi connectivity index (χ3v) is 5.10. The summed E-state index contributed by atoms with van der Waals surface area (Å²) in [5.74, 6) is 0.112. The van der Waals surface area contributed by atoms with Crippen LogP contribution in [0.5, 0.6) is 5.75 Å². The van der Waals surface area contributed by atoms with Gasteiger partial charge in [0.25, 0.3) is 0 Å². The fourth-order valence-corrected chi connectivity index (χ4v) is 3.66. The van der Waals surface area contributed by atoms with Crippen molar-refractivity contribution in [2.24, 2.45) is 0 Å². The third-order valence-electron chi connectivity index (χ3n) is 5.10. The molecule has 1 heterocycles. The van der Waals surface area contributed by atoms with Gasteiger partial charge in [-0.2, -0.15) is 0 Å². The van der Waals surface area contributed by atoms with Crippen molar-refractivity contribution in [1.29, 1.82) is 0 Å². The summed E-state index contributed by atoms with van der Waals surface area (Å²) < 4.78 is 7.58. The number of anilines is 1. The van der Waals surface area contributed by atoms with Crippen molar-refractivity contribution in [3.05, 3.63) is 86.7 Å². The lowest BCUT2D eigenvalue weighted by Gasteiger charge is -2.12. The molecule has 148 valence electrons. The number of carbonyl (C=O) groups is 1. The molecule has 0 unspecified atom stereocenters. The molecule has 0 atom stereocenters. The molecule has 0 radical (unpaired) electrons. The molecule has 0 bridgehead atoms. The molecule has 3 aromatic rings. The number of nitrogens with one attached hydrogen (secondary N) is 1. The van der Waals surface area contributed by atoms with Gasteiger partial charge in [0.2, 0.25) is 5.91 Å². The lowest BCUT2D eigenvalue weighted by atomic mass is 10.1. The number of rotatable bonds is 5. The maximum Gasteiger partial charge on any atom is 0.321 e. The fraction of sp³-hybridized carbons (Fsp3) is 0.227. The van der Waals surface area contributed by atoms with Crippen molar-refractivity contribution in [1.82, 2.24) is 9.13 Å². The number of aryl methyl sites for hydroxylation is 2. The maximum absolute atomic E-state index is 12.6. The summed E-state index contributed by atoms with van der Waals surface area (Å²) >= 11 is 0. The van der Waals surface area contributed by atoms with Crippen LogP contribution in [0.4, 0.5) is 5.69 Å². The van der Waals surface area contributed by atoms with Crippen molar-refractivity contribution in [3.8, 4) is 11.4 Å². The normalized spacial score (nSPS) is 12.4. The van der Waals surface area contributed by atoms with Crippen LogP contribution >= 0.6 is 0 Å². The Morgan fingerprint density at radius 2 is 1.83 bits per heavy atom. The first-order valence-electron chi connectivity index (χ1n) is 9.44. The molecule has 2 aromatic carbocycles. The number of hydrogen-bond acceptors (Lipinski definition) is 4. The number of methoxy groups -OCH3 is 1. The number of benzene rings is 2. The number of para-hydroxylation sites is 2. The van der Waals surface area contributed by atoms with Crippen molar-refractivity contribution in [2.45, 2.75) is 25.8 Å². The van der Waals surface area contributed by atoms with Gasteiger partial charge in [-0.15, -0.1) is 0 Å². The van der Waals surface area contributed by atoms with Crippen LogP contribution in [0.15, 0.2) is 64.4 Å². The summed E-state index contributed by atoms with van der Waals surface area (Å²) in [6.07, 6.45) is 6.11. The van der Waals surface area contributed by atoms with Gasteiger partial charge in [-0.3, -0.25) is 23.5 Å². The summed E-state index contributed by atoms with van der Waals surface area (Å²) in [6.45, 7) is -0.238. The summed E-state index contributed by atoms with van der Waals surface area (Å²) in [4.78, 5) is 37.5. The highest BCUT2D eigenvalue weighted by molar-refractivity contribution is 5.90. The molecule has 4 rings (SSSR count). The van der Waals surface area contributed by atoms with E-state index in [-0.39, 0.29) is 12.5 Å². The lowest BCUT2D eigenvalue weighted by molar-refractivity contribution is -0.116. The molecule has 1 N–H and O–H groups in total. The highest BCUT2D eigenvalue weighted by Crippen LogP contribution is 2.25. The van der Waals surface area contributed by atoms with Crippen LogP contribution in [0.2, 0.25) is 0 Å². The van der Waals surface area contributed by atoms with Crippen molar-refractivity contribution >= 4 is 11.6 Å². The van der Waals surface area contributed by atoms with Crippen molar-refractivity contribution in [2.75, 3.05) is 12.4 Å². The minimum absolute atomic E-state index is 0.238. The van der Waals surface area contributed by atoms with Gasteiger partial charge >= 0.3 is 11.1 Å². The van der Waals surface area contributed by atoms with Crippen LogP contribution in [0.25, 0.3) is 5.69 Å². The molecule has 7 nitrogen and oxygen atoms in total. The summed E-state index contributed by atoms with van der Waals surface area (Å²) in [6, 6.07) is 12.8. The molecule has 1 amide bonds. The molecule has 29 heavy (non-hydrogen) atoms. The van der Waals surface area contributed by atoms with Gasteiger partial charge < -0.3 is 10.1 Å². The number of nitrogens with zero attached hydrogens (tertiary/aromatic N) is 2. The third kappa shape index (κ3) is 3.71. The van der Waals surface area contributed by atoms with Crippen LogP contribution in [0.3, 0.4) is 0 Å². The zero-order valence-electron chi connectivity index (χ0n) is 16.1. The molecular weight excluding hydrogens is 370 g/mol. The Morgan fingerprint density at radius 3 is 2.66 bits per heavy atom. The van der Waals surface area contributed by atoms with Crippen LogP contribution in [-0.4, -0.2) is 22.2 Å². The molecule has 1 aliphatic rings. The molecule has 0 aliphatic heterocycles. The first-order valence-corrected chi connectivity index (χ1v) is 9.44. The predicted molar refractivity (Wildman–Crippen MR) is 110 cm³/mol. The van der Waals surface area contributed by atoms with Crippen LogP contribution in [0.1, 0.15) is 17.5 Å². The van der Waals surface area contributed by atoms with Gasteiger partial charge in [0.15, 0.2) is 0 Å². The Hall–Kier alpha value is -3.61. The lowest BCUT2D eigenvalue weighted by Crippen LogP contribution is -2.41. The highest BCUT2D eigenvalue weighted by Gasteiger charge is 2.14. The van der Waals surface area contributed by atoms with Gasteiger partial charge in [-0.1, -0.05) is 18.2 Å². The highest BCUT2D eigenvalue weighted by atomic mass is 16.5. The van der Waals surface area contributed by atoms with Crippen LogP contribution in [-0.2, 0) is 24.2 Å². The first kappa shape index (κ1) is 18.7. The molecule has 0 spiro atoms. The molecule has 7 heteroatoms. The standard InChI is InChI=1S/C22H21N3O4/c1-29-19-8-3-2-7-18(19)25-12-11-24(21(27)22(25)28)14-20(26)23-17-10-9-15-5-4-6-16(15)13-17/h2-3,7-13H,4-6,14H2,1H3,(H,23,26). The molecular formula is C22H21N3O4. The van der Waals surface area contributed by atoms with Crippen LogP contribution < -0.4 is 21.2 Å². The first-order chi connectivity index (χ1) is 14.1. The van der Waals surface area contributed by atoms with Crippen molar-refractivity contribution < 1.29 is 9.53 Å². The largest absolute Gasteiger partial charge is 0.495 e. The second-order valence-corrected chi connectivity index (χ2v) is 6.96. The van der Waals surface area contributed by atoms with E-state index in [1.54, 1.807) is 24.3 Å². The van der Waals surface area contributed by atoms with E-state index < -0.39 is 11.1 Å². The zero-order chi connectivity index (χ0) is 20.4. The number of aromatic nitrogens is 2. The van der Waals surface area contributed by atoms with E-state index >= 15 is 0 Å². The van der Waals surface area contributed by atoms with Gasteiger partial charge in [0.1, 0.15) is 12.3 Å². The van der Waals surface area contributed by atoms with Crippen molar-refractivity contribution in [3.63, 3.8) is 0 Å². The number of fused-ring (bicyclic) bond motifs is 1. The molecule has 0 saturated carbocycles. The Bertz CT molecular complexity index is 1190. The quantitative estimate of drug-likeness (QED) is 0.676. The van der Waals surface area contributed by atoms with Gasteiger partial charge in [-0.05, 0) is 54.7 Å². The van der Waals surface area contributed by atoms with E-state index in [4.69, 9.17) is 4.74 Å². The SMILES string of the molecule is COc1ccccc1-n1ccn(CC(=O)Nc2ccc3c(c2)CCC3)c(=O)c1=O. The topological polar surface area (TPSA) is 82.3 Å². The average Bonchev–Trinajstić information content (AvgIpc) is 3.19. The number of amides is 1. The maximum atomic E-state index is 12.6. The molecule has 0 saturated heterocycles. The Morgan fingerprint density at radius 1 is 1.03 bits per heavy atom. The minimum Gasteiger partial charge on any atom is -0.495 e. The Labute approximate surface area is 167 Å². The minimum atomic E-state index is -0.775. The zero-order valence-corrected chi connectivity index (χ0v) is 16.1. The summed E-state index contributed by atoms with van der Waals surface area (Å²) in [5, 5.41) is 2.80. The molecule has 1 aromatic heterocycles. The Balaban J connectivity index is 1.55. The average molecular weight is 391 g/mol. The monoisotopic (exact) mass is 391 g/mol. The second-order valence-electron chi connectivity index (χ2n) is 6.96. The van der Waals surface area contributed by atoms with E-state index in [1.807, 2.05) is 18.2 Å².